The molecule has 0 radical (unpaired) electrons. The van der Waals surface area contributed by atoms with Crippen LogP contribution in [-0.4, -0.2) is 30.8 Å². The molecule has 2 aromatic heterocycles. The summed E-state index contributed by atoms with van der Waals surface area (Å²) in [5.41, 5.74) is 8.65. The molecule has 0 atom stereocenters. The maximum Gasteiger partial charge on any atom is 0.174 e. The number of nitrogens with two attached hydrogens (primary N) is 1. The van der Waals surface area contributed by atoms with Gasteiger partial charge in [-0.05, 0) is 19.9 Å². The fourth-order valence-corrected chi connectivity index (χ4v) is 2.31. The number of hydrogen-bond acceptors (Lipinski definition) is 5. The molecule has 7 heteroatoms. The van der Waals surface area contributed by atoms with E-state index in [9.17, 15) is 0 Å². The average molecular weight is 288 g/mol. The van der Waals surface area contributed by atoms with Gasteiger partial charge in [0.05, 0.1) is 16.9 Å². The van der Waals surface area contributed by atoms with Crippen LogP contribution in [0.25, 0.3) is 5.69 Å². The largest absolute Gasteiger partial charge is 0.409 e. The summed E-state index contributed by atoms with van der Waals surface area (Å²) in [6.45, 7) is 7.75. The number of aryl methyl sites for hydroxylation is 4. The Bertz CT molecular complexity index is 689. The van der Waals surface area contributed by atoms with Crippen molar-refractivity contribution in [2.75, 3.05) is 0 Å². The van der Waals surface area contributed by atoms with Gasteiger partial charge < -0.3 is 10.9 Å². The highest BCUT2D eigenvalue weighted by Gasteiger charge is 2.18. The zero-order valence-corrected chi connectivity index (χ0v) is 12.8. The third-order valence-corrected chi connectivity index (χ3v) is 3.25. The molecule has 0 amide bonds. The molecule has 3 N–H and O–H groups in total. The second kappa shape index (κ2) is 5.90. The predicted octanol–water partition coefficient (Wildman–Crippen LogP) is 1.50. The average Bonchev–Trinajstić information content (AvgIpc) is 2.89. The molecule has 7 nitrogen and oxygen atoms in total. The van der Waals surface area contributed by atoms with Gasteiger partial charge in [-0.3, -0.25) is 4.98 Å². The van der Waals surface area contributed by atoms with E-state index in [0.717, 1.165) is 35.9 Å². The number of nitrogens with zero attached hydrogens (tertiary/aromatic N) is 5. The smallest absolute Gasteiger partial charge is 0.174 e. The van der Waals surface area contributed by atoms with Crippen LogP contribution >= 0.6 is 0 Å². The number of hydrogen-bond donors (Lipinski definition) is 2. The summed E-state index contributed by atoms with van der Waals surface area (Å²) in [5, 5.41) is 16.6. The van der Waals surface area contributed by atoms with Gasteiger partial charge in [0.25, 0.3) is 0 Å². The van der Waals surface area contributed by atoms with Gasteiger partial charge >= 0.3 is 0 Å². The summed E-state index contributed by atoms with van der Waals surface area (Å²) in [7, 11) is 0. The van der Waals surface area contributed by atoms with Crippen molar-refractivity contribution in [2.24, 2.45) is 10.9 Å². The molecule has 2 heterocycles. The second-order valence-corrected chi connectivity index (χ2v) is 4.79. The molecule has 0 fully saturated rings. The normalized spacial score (nSPS) is 11.9. The Hall–Kier alpha value is -2.44. The number of amidine groups is 1. The van der Waals surface area contributed by atoms with Crippen LogP contribution in [0.3, 0.4) is 0 Å². The Morgan fingerprint density at radius 1 is 1.29 bits per heavy atom. The maximum absolute atomic E-state index is 9.02. The molecule has 0 aromatic carbocycles. The number of rotatable bonds is 4. The minimum Gasteiger partial charge on any atom is -0.409 e. The molecule has 0 aliphatic carbocycles. The van der Waals surface area contributed by atoms with Crippen LogP contribution < -0.4 is 5.73 Å². The van der Waals surface area contributed by atoms with Crippen molar-refractivity contribution in [3.8, 4) is 5.69 Å². The first-order valence-corrected chi connectivity index (χ1v) is 6.93. The van der Waals surface area contributed by atoms with Crippen molar-refractivity contribution >= 4 is 5.84 Å². The lowest BCUT2D eigenvalue weighted by Crippen LogP contribution is -2.20. The topological polar surface area (TPSA) is 102 Å². The van der Waals surface area contributed by atoms with E-state index in [2.05, 4.69) is 20.2 Å². The van der Waals surface area contributed by atoms with E-state index in [4.69, 9.17) is 10.9 Å². The van der Waals surface area contributed by atoms with Gasteiger partial charge in [0.1, 0.15) is 5.82 Å². The van der Waals surface area contributed by atoms with E-state index in [1.807, 2.05) is 33.8 Å². The van der Waals surface area contributed by atoms with Gasteiger partial charge in [-0.2, -0.15) is 5.10 Å². The lowest BCUT2D eigenvalue weighted by Gasteiger charge is -2.13. The molecule has 112 valence electrons. The van der Waals surface area contributed by atoms with Crippen LogP contribution in [-0.2, 0) is 12.8 Å². The summed E-state index contributed by atoms with van der Waals surface area (Å²) < 4.78 is 1.76. The summed E-state index contributed by atoms with van der Waals surface area (Å²) in [6, 6.07) is 1.87. The van der Waals surface area contributed by atoms with Gasteiger partial charge in [-0.1, -0.05) is 19.0 Å². The van der Waals surface area contributed by atoms with Gasteiger partial charge in [0, 0.05) is 18.5 Å². The van der Waals surface area contributed by atoms with E-state index in [-0.39, 0.29) is 5.84 Å². The van der Waals surface area contributed by atoms with Gasteiger partial charge in [-0.25, -0.2) is 9.67 Å². The van der Waals surface area contributed by atoms with Gasteiger partial charge in [0.15, 0.2) is 11.7 Å². The molecule has 0 saturated carbocycles. The molecule has 0 unspecified atom stereocenters. The fourth-order valence-electron chi connectivity index (χ4n) is 2.31. The first-order valence-electron chi connectivity index (χ1n) is 6.93. The van der Waals surface area contributed by atoms with Crippen LogP contribution in [0, 0.1) is 13.8 Å². The lowest BCUT2D eigenvalue weighted by molar-refractivity contribution is 0.318. The zero-order chi connectivity index (χ0) is 15.6. The molecule has 2 aromatic rings. The van der Waals surface area contributed by atoms with Crippen LogP contribution in [0.2, 0.25) is 0 Å². The monoisotopic (exact) mass is 288 g/mol. The van der Waals surface area contributed by atoms with Crippen LogP contribution in [0.1, 0.15) is 42.4 Å². The first-order chi connectivity index (χ1) is 10.0. The van der Waals surface area contributed by atoms with Crippen molar-refractivity contribution in [3.05, 3.63) is 34.7 Å². The lowest BCUT2D eigenvalue weighted by atomic mass is 10.1. The third-order valence-electron chi connectivity index (χ3n) is 3.25. The van der Waals surface area contributed by atoms with E-state index >= 15 is 0 Å². The minimum atomic E-state index is 0.0191. The minimum absolute atomic E-state index is 0.0191. The predicted molar refractivity (Wildman–Crippen MR) is 79.9 cm³/mol. The maximum atomic E-state index is 9.02. The summed E-state index contributed by atoms with van der Waals surface area (Å²) in [4.78, 5) is 8.88. The molecule has 0 saturated heterocycles. The Labute approximate surface area is 123 Å². The zero-order valence-electron chi connectivity index (χ0n) is 12.8. The molecule has 0 bridgehead atoms. The molecule has 0 aliphatic heterocycles. The first kappa shape index (κ1) is 15.0. The number of oxime groups is 1. The van der Waals surface area contributed by atoms with Crippen molar-refractivity contribution in [2.45, 2.75) is 40.5 Å². The Kier molecular flexibility index (Phi) is 4.21. The van der Waals surface area contributed by atoms with Crippen LogP contribution in [0.4, 0.5) is 0 Å². The van der Waals surface area contributed by atoms with Crippen LogP contribution in [0.15, 0.2) is 11.2 Å². The number of pyridine rings is 1. The second-order valence-electron chi connectivity index (χ2n) is 4.79. The highest BCUT2D eigenvalue weighted by atomic mass is 16.4. The Morgan fingerprint density at radius 2 is 2.00 bits per heavy atom. The highest BCUT2D eigenvalue weighted by molar-refractivity contribution is 6.01. The van der Waals surface area contributed by atoms with Gasteiger partial charge in [-0.15, -0.1) is 0 Å². The van der Waals surface area contributed by atoms with E-state index in [1.54, 1.807) is 4.68 Å². The third kappa shape index (κ3) is 2.72. The summed E-state index contributed by atoms with van der Waals surface area (Å²) in [5.74, 6) is 1.62. The summed E-state index contributed by atoms with van der Waals surface area (Å²) >= 11 is 0. The summed E-state index contributed by atoms with van der Waals surface area (Å²) in [6.07, 6.45) is 1.49. The van der Waals surface area contributed by atoms with Crippen LogP contribution in [0.5, 0.6) is 0 Å². The van der Waals surface area contributed by atoms with Crippen molar-refractivity contribution in [3.63, 3.8) is 0 Å². The van der Waals surface area contributed by atoms with Crippen molar-refractivity contribution in [1.82, 2.24) is 19.7 Å². The Morgan fingerprint density at radius 3 is 2.57 bits per heavy atom. The van der Waals surface area contributed by atoms with Gasteiger partial charge in [0.2, 0.25) is 0 Å². The molecule has 21 heavy (non-hydrogen) atoms. The quantitative estimate of drug-likeness (QED) is 0.384. The standard InChI is InChI=1S/C14H20N6O/c1-5-11-17-12(6-2)20(18-11)10-7-8(3)16-9(4)13(10)14(15)19-21/h7,21H,5-6H2,1-4H3,(H2,15,19). The highest BCUT2D eigenvalue weighted by Crippen LogP contribution is 2.20. The SMILES string of the molecule is CCc1nc(CC)n(-c2cc(C)nc(C)c2/C(N)=N/O)n1. The fraction of sp³-hybridized carbons (Fsp3) is 0.429. The molecule has 2 rings (SSSR count). The Balaban J connectivity index is 2.76. The molecular formula is C14H20N6O. The van der Waals surface area contributed by atoms with E-state index in [0.29, 0.717) is 11.3 Å². The van der Waals surface area contributed by atoms with Crippen molar-refractivity contribution in [1.29, 1.82) is 0 Å². The molecular weight excluding hydrogens is 268 g/mol. The molecule has 0 spiro atoms. The molecule has 0 aliphatic rings. The number of aromatic nitrogens is 4. The van der Waals surface area contributed by atoms with E-state index in [1.165, 1.54) is 0 Å². The van der Waals surface area contributed by atoms with Crippen molar-refractivity contribution < 1.29 is 5.21 Å². The van der Waals surface area contributed by atoms with E-state index < -0.39 is 0 Å².